The second kappa shape index (κ2) is 4.61. The third-order valence-electron chi connectivity index (χ3n) is 2.61. The molecule has 0 bridgehead atoms. The number of rotatable bonds is 4. The van der Waals surface area contributed by atoms with Crippen LogP contribution in [0.2, 0.25) is 0 Å². The fourth-order valence-corrected chi connectivity index (χ4v) is 1.78. The molecule has 1 aromatic carbocycles. The summed E-state index contributed by atoms with van der Waals surface area (Å²) in [5.74, 6) is 0. The SMILES string of the molecule is CNCC(O)C(O)c1cccc2[nH]ncc12. The molecule has 0 spiro atoms. The van der Waals surface area contributed by atoms with E-state index in [0.29, 0.717) is 12.1 Å². The summed E-state index contributed by atoms with van der Waals surface area (Å²) in [5.41, 5.74) is 1.54. The van der Waals surface area contributed by atoms with Crippen LogP contribution in [-0.2, 0) is 0 Å². The fourth-order valence-electron chi connectivity index (χ4n) is 1.78. The van der Waals surface area contributed by atoms with Gasteiger partial charge in [0.05, 0.1) is 17.8 Å². The summed E-state index contributed by atoms with van der Waals surface area (Å²) in [5, 5.41) is 30.1. The summed E-state index contributed by atoms with van der Waals surface area (Å²) in [4.78, 5) is 0. The molecule has 2 atom stereocenters. The molecule has 0 saturated carbocycles. The monoisotopic (exact) mass is 221 g/mol. The minimum absolute atomic E-state index is 0.343. The van der Waals surface area contributed by atoms with Crippen molar-refractivity contribution in [2.24, 2.45) is 0 Å². The van der Waals surface area contributed by atoms with E-state index in [1.165, 1.54) is 0 Å². The van der Waals surface area contributed by atoms with E-state index in [1.54, 1.807) is 19.3 Å². The van der Waals surface area contributed by atoms with E-state index in [2.05, 4.69) is 15.5 Å². The summed E-state index contributed by atoms with van der Waals surface area (Å²) in [7, 11) is 1.73. The highest BCUT2D eigenvalue weighted by Gasteiger charge is 2.19. The molecule has 0 aliphatic rings. The lowest BCUT2D eigenvalue weighted by Crippen LogP contribution is -2.29. The van der Waals surface area contributed by atoms with Crippen LogP contribution in [0, 0.1) is 0 Å². The molecule has 2 aromatic rings. The minimum atomic E-state index is -0.909. The van der Waals surface area contributed by atoms with Crippen LogP contribution < -0.4 is 5.32 Å². The molecule has 0 fully saturated rings. The number of nitrogens with one attached hydrogen (secondary N) is 2. The predicted molar refractivity (Wildman–Crippen MR) is 61.0 cm³/mol. The number of fused-ring (bicyclic) bond motifs is 1. The van der Waals surface area contributed by atoms with Gasteiger partial charge in [0.1, 0.15) is 6.10 Å². The zero-order valence-corrected chi connectivity index (χ0v) is 9.01. The molecule has 1 heterocycles. The van der Waals surface area contributed by atoms with E-state index in [1.807, 2.05) is 12.1 Å². The maximum Gasteiger partial charge on any atom is 0.107 e. The van der Waals surface area contributed by atoms with E-state index in [-0.39, 0.29) is 0 Å². The van der Waals surface area contributed by atoms with Gasteiger partial charge in [-0.3, -0.25) is 5.10 Å². The van der Waals surface area contributed by atoms with E-state index < -0.39 is 12.2 Å². The van der Waals surface area contributed by atoms with Crippen LogP contribution in [0.5, 0.6) is 0 Å². The van der Waals surface area contributed by atoms with Gasteiger partial charge in [0, 0.05) is 11.9 Å². The molecule has 86 valence electrons. The highest BCUT2D eigenvalue weighted by molar-refractivity contribution is 5.81. The van der Waals surface area contributed by atoms with Gasteiger partial charge in [-0.15, -0.1) is 0 Å². The normalized spacial score (nSPS) is 15.2. The van der Waals surface area contributed by atoms with E-state index in [4.69, 9.17) is 0 Å². The number of hydrogen-bond donors (Lipinski definition) is 4. The van der Waals surface area contributed by atoms with E-state index >= 15 is 0 Å². The largest absolute Gasteiger partial charge is 0.389 e. The number of aliphatic hydroxyl groups excluding tert-OH is 2. The van der Waals surface area contributed by atoms with Gasteiger partial charge in [-0.05, 0) is 18.7 Å². The highest BCUT2D eigenvalue weighted by Crippen LogP contribution is 2.24. The van der Waals surface area contributed by atoms with Crippen LogP contribution in [0.15, 0.2) is 24.4 Å². The van der Waals surface area contributed by atoms with Gasteiger partial charge in [-0.2, -0.15) is 5.10 Å². The van der Waals surface area contributed by atoms with Gasteiger partial charge in [-0.25, -0.2) is 0 Å². The molecule has 4 N–H and O–H groups in total. The summed E-state index contributed by atoms with van der Waals surface area (Å²) >= 11 is 0. The first kappa shape index (κ1) is 11.1. The van der Waals surface area contributed by atoms with Gasteiger partial charge >= 0.3 is 0 Å². The quantitative estimate of drug-likeness (QED) is 0.593. The van der Waals surface area contributed by atoms with Crippen LogP contribution >= 0.6 is 0 Å². The molecule has 0 amide bonds. The van der Waals surface area contributed by atoms with Crippen LogP contribution in [0.3, 0.4) is 0 Å². The van der Waals surface area contributed by atoms with Crippen LogP contribution in [0.25, 0.3) is 10.9 Å². The van der Waals surface area contributed by atoms with Gasteiger partial charge in [0.2, 0.25) is 0 Å². The van der Waals surface area contributed by atoms with Crippen molar-refractivity contribution in [3.8, 4) is 0 Å². The lowest BCUT2D eigenvalue weighted by molar-refractivity contribution is 0.0211. The lowest BCUT2D eigenvalue weighted by atomic mass is 10.0. The Hall–Kier alpha value is -1.43. The van der Waals surface area contributed by atoms with Gasteiger partial charge in [-0.1, -0.05) is 12.1 Å². The molecule has 0 radical (unpaired) electrons. The molecule has 16 heavy (non-hydrogen) atoms. The molecule has 2 rings (SSSR count). The second-order valence-corrected chi connectivity index (χ2v) is 3.75. The molecular formula is C11H15N3O2. The Morgan fingerprint density at radius 2 is 2.25 bits per heavy atom. The van der Waals surface area contributed by atoms with Gasteiger partial charge in [0.15, 0.2) is 0 Å². The number of aliphatic hydroxyl groups is 2. The topological polar surface area (TPSA) is 81.2 Å². The third-order valence-corrected chi connectivity index (χ3v) is 2.61. The Bertz CT molecular complexity index is 469. The highest BCUT2D eigenvalue weighted by atomic mass is 16.3. The smallest absolute Gasteiger partial charge is 0.107 e. The third kappa shape index (κ3) is 1.92. The van der Waals surface area contributed by atoms with Crippen molar-refractivity contribution >= 4 is 10.9 Å². The van der Waals surface area contributed by atoms with Crippen LogP contribution in [0.1, 0.15) is 11.7 Å². The van der Waals surface area contributed by atoms with Crippen molar-refractivity contribution in [3.63, 3.8) is 0 Å². The summed E-state index contributed by atoms with van der Waals surface area (Å²) in [6, 6.07) is 5.50. The number of H-pyrrole nitrogens is 1. The molecule has 1 aromatic heterocycles. The molecule has 5 nitrogen and oxygen atoms in total. The van der Waals surface area contributed by atoms with Gasteiger partial charge < -0.3 is 15.5 Å². The van der Waals surface area contributed by atoms with Crippen molar-refractivity contribution in [2.45, 2.75) is 12.2 Å². The standard InChI is InChI=1S/C11H15N3O2/c1-12-6-10(15)11(16)7-3-2-4-9-8(7)5-13-14-9/h2-5,10-12,15-16H,6H2,1H3,(H,13,14). The van der Waals surface area contributed by atoms with Gasteiger partial charge in [0.25, 0.3) is 0 Å². The molecule has 0 aliphatic carbocycles. The fraction of sp³-hybridized carbons (Fsp3) is 0.364. The second-order valence-electron chi connectivity index (χ2n) is 3.75. The average Bonchev–Trinajstić information content (AvgIpc) is 2.76. The number of aromatic amines is 1. The average molecular weight is 221 g/mol. The summed E-state index contributed by atoms with van der Waals surface area (Å²) in [6.07, 6.45) is -0.0840. The Morgan fingerprint density at radius 3 is 3.00 bits per heavy atom. The molecule has 2 unspecified atom stereocenters. The number of benzene rings is 1. The Labute approximate surface area is 93.1 Å². The Balaban J connectivity index is 2.35. The molecule has 5 heteroatoms. The maximum absolute atomic E-state index is 10.0. The van der Waals surface area contributed by atoms with Crippen molar-refractivity contribution in [1.29, 1.82) is 0 Å². The Morgan fingerprint density at radius 1 is 1.44 bits per heavy atom. The van der Waals surface area contributed by atoms with Crippen LogP contribution in [-0.4, -0.2) is 40.1 Å². The molecule has 0 saturated heterocycles. The first-order valence-electron chi connectivity index (χ1n) is 5.16. The summed E-state index contributed by atoms with van der Waals surface area (Å²) in [6.45, 7) is 0.343. The number of likely N-dealkylation sites (N-methyl/N-ethyl adjacent to an activating group) is 1. The number of nitrogens with zero attached hydrogens (tertiary/aromatic N) is 1. The lowest BCUT2D eigenvalue weighted by Gasteiger charge is -2.18. The first-order chi connectivity index (χ1) is 7.74. The van der Waals surface area contributed by atoms with Crippen molar-refractivity contribution < 1.29 is 10.2 Å². The number of aromatic nitrogens is 2. The van der Waals surface area contributed by atoms with Crippen LogP contribution in [0.4, 0.5) is 0 Å². The predicted octanol–water partition coefficient (Wildman–Crippen LogP) is 0.177. The van der Waals surface area contributed by atoms with Crippen molar-refractivity contribution in [2.75, 3.05) is 13.6 Å². The zero-order chi connectivity index (χ0) is 11.5. The zero-order valence-electron chi connectivity index (χ0n) is 9.01. The first-order valence-corrected chi connectivity index (χ1v) is 5.16. The molecular weight excluding hydrogens is 206 g/mol. The van der Waals surface area contributed by atoms with Crippen molar-refractivity contribution in [1.82, 2.24) is 15.5 Å². The number of hydrogen-bond acceptors (Lipinski definition) is 4. The van der Waals surface area contributed by atoms with Crippen molar-refractivity contribution in [3.05, 3.63) is 30.0 Å². The van der Waals surface area contributed by atoms with E-state index in [9.17, 15) is 10.2 Å². The maximum atomic E-state index is 10.0. The van der Waals surface area contributed by atoms with E-state index in [0.717, 1.165) is 10.9 Å². The Kier molecular flexibility index (Phi) is 3.19. The summed E-state index contributed by atoms with van der Waals surface area (Å²) < 4.78 is 0. The minimum Gasteiger partial charge on any atom is -0.389 e. The molecule has 0 aliphatic heterocycles.